The summed E-state index contributed by atoms with van der Waals surface area (Å²) in [5.41, 5.74) is 3.85. The van der Waals surface area contributed by atoms with Crippen molar-refractivity contribution in [3.8, 4) is 39.8 Å². The number of benzene rings is 4. The predicted molar refractivity (Wildman–Crippen MR) is 171 cm³/mol. The summed E-state index contributed by atoms with van der Waals surface area (Å²) in [4.78, 5) is 14.8. The Kier molecular flexibility index (Phi) is 9.05. The van der Waals surface area contributed by atoms with E-state index in [4.69, 9.17) is 19.8 Å². The summed E-state index contributed by atoms with van der Waals surface area (Å²) in [5.74, 6) is 5.91. The minimum atomic E-state index is -1.40. The van der Waals surface area contributed by atoms with E-state index in [2.05, 4.69) is 16.7 Å². The summed E-state index contributed by atoms with van der Waals surface area (Å²) < 4.78 is 25.3. The zero-order valence-corrected chi connectivity index (χ0v) is 24.6. The van der Waals surface area contributed by atoms with Crippen LogP contribution in [0, 0.1) is 29.0 Å². The van der Waals surface area contributed by atoms with Crippen molar-refractivity contribution in [3.63, 3.8) is 0 Å². The van der Waals surface area contributed by atoms with Crippen LogP contribution in [0.1, 0.15) is 16.0 Å². The number of rotatable bonds is 8. The first kappa shape index (κ1) is 29.7. The molecule has 0 fully saturated rings. The van der Waals surface area contributed by atoms with Crippen molar-refractivity contribution >= 4 is 40.4 Å². The highest BCUT2D eigenvalue weighted by Gasteiger charge is 2.13. The first-order chi connectivity index (χ1) is 21.4. The smallest absolute Gasteiger partial charge is 0.346 e. The van der Waals surface area contributed by atoms with Crippen molar-refractivity contribution in [2.24, 2.45) is 0 Å². The van der Waals surface area contributed by atoms with Crippen LogP contribution in [0.15, 0.2) is 109 Å². The number of carbonyl (C=O) groups is 1. The lowest BCUT2D eigenvalue weighted by atomic mass is 10.1. The van der Waals surface area contributed by atoms with E-state index in [1.165, 1.54) is 23.5 Å². The van der Waals surface area contributed by atoms with Crippen LogP contribution in [-0.4, -0.2) is 25.3 Å². The van der Waals surface area contributed by atoms with Crippen molar-refractivity contribution in [1.29, 1.82) is 5.26 Å². The largest absolute Gasteiger partial charge is 0.497 e. The van der Waals surface area contributed by atoms with Crippen LogP contribution >= 0.6 is 11.3 Å². The number of aliphatic carboxylic acids is 1. The number of halogens is 1. The van der Waals surface area contributed by atoms with Gasteiger partial charge < -0.3 is 19.5 Å². The molecule has 5 rings (SSSR count). The summed E-state index contributed by atoms with van der Waals surface area (Å²) in [6, 6.07) is 33.4. The highest BCUT2D eigenvalue weighted by Crippen LogP contribution is 2.36. The van der Waals surface area contributed by atoms with Gasteiger partial charge in [-0.25, -0.2) is 9.18 Å². The normalized spacial score (nSPS) is 10.7. The Labute approximate surface area is 258 Å². The van der Waals surface area contributed by atoms with Gasteiger partial charge in [0.2, 0.25) is 0 Å². The van der Waals surface area contributed by atoms with Gasteiger partial charge in [0, 0.05) is 33.1 Å². The van der Waals surface area contributed by atoms with Gasteiger partial charge in [0.1, 0.15) is 29.0 Å². The fourth-order valence-electron chi connectivity index (χ4n) is 4.39. The van der Waals surface area contributed by atoms with E-state index in [0.717, 1.165) is 50.0 Å². The summed E-state index contributed by atoms with van der Waals surface area (Å²) >= 11 is 1.42. The van der Waals surface area contributed by atoms with Gasteiger partial charge in [-0.15, -0.1) is 11.3 Å². The molecule has 0 atom stereocenters. The maximum atomic E-state index is 14.7. The minimum absolute atomic E-state index is 0.0327. The van der Waals surface area contributed by atoms with E-state index in [1.807, 2.05) is 84.9 Å². The second-order valence-corrected chi connectivity index (χ2v) is 10.5. The number of nitrogens with zero attached hydrogens (tertiary/aromatic N) is 2. The molecule has 216 valence electrons. The summed E-state index contributed by atoms with van der Waals surface area (Å²) in [7, 11) is 3.28. The van der Waals surface area contributed by atoms with Crippen LogP contribution in [0.3, 0.4) is 0 Å². The van der Waals surface area contributed by atoms with E-state index in [9.17, 15) is 9.18 Å². The Hall–Kier alpha value is -5.83. The topological polar surface area (TPSA) is 82.8 Å². The maximum Gasteiger partial charge on any atom is 0.346 e. The Morgan fingerprint density at radius 3 is 1.89 bits per heavy atom. The van der Waals surface area contributed by atoms with Crippen LogP contribution in [0.5, 0.6) is 11.5 Å². The molecule has 0 spiro atoms. The molecule has 0 saturated heterocycles. The first-order valence-corrected chi connectivity index (χ1v) is 14.2. The molecule has 0 aliphatic carbocycles. The van der Waals surface area contributed by atoms with E-state index in [0.29, 0.717) is 5.56 Å². The second-order valence-electron chi connectivity index (χ2n) is 9.40. The molecule has 0 saturated carbocycles. The minimum Gasteiger partial charge on any atom is -0.497 e. The number of ether oxygens (including phenoxy) is 2. The van der Waals surface area contributed by atoms with Crippen LogP contribution in [0.4, 0.5) is 21.5 Å². The molecule has 4 aromatic carbocycles. The number of thiophene rings is 1. The maximum absolute atomic E-state index is 14.7. The fourth-order valence-corrected chi connectivity index (χ4v) is 5.25. The molecule has 1 N–H and O–H groups in total. The third-order valence-electron chi connectivity index (χ3n) is 6.66. The first-order valence-electron chi connectivity index (χ1n) is 13.3. The van der Waals surface area contributed by atoms with E-state index >= 15 is 0 Å². The van der Waals surface area contributed by atoms with E-state index in [1.54, 1.807) is 26.4 Å². The lowest BCUT2D eigenvalue weighted by Crippen LogP contribution is -2.09. The highest BCUT2D eigenvalue weighted by molar-refractivity contribution is 7.16. The van der Waals surface area contributed by atoms with Gasteiger partial charge in [-0.2, -0.15) is 5.26 Å². The summed E-state index contributed by atoms with van der Waals surface area (Å²) in [5, 5.41) is 18.0. The molecule has 44 heavy (non-hydrogen) atoms. The number of nitriles is 1. The molecule has 8 heteroatoms. The van der Waals surface area contributed by atoms with Crippen LogP contribution in [0.2, 0.25) is 0 Å². The van der Waals surface area contributed by atoms with E-state index in [-0.39, 0.29) is 5.56 Å². The predicted octanol–water partition coefficient (Wildman–Crippen LogP) is 8.43. The fraction of sp³-hybridized carbons (Fsp3) is 0.0556. The number of anilines is 3. The Morgan fingerprint density at radius 2 is 1.39 bits per heavy atom. The average Bonchev–Trinajstić information content (AvgIpc) is 3.53. The quantitative estimate of drug-likeness (QED) is 0.109. The van der Waals surface area contributed by atoms with Crippen molar-refractivity contribution in [3.05, 3.63) is 131 Å². The SMILES string of the molecule is COc1ccc(N(c2ccc(C#Cc3ccc(-c4ccc(C=C(C#N)C(=O)O)c(F)c4)s3)cc2)c2ccc(OC)cc2)cc1. The Morgan fingerprint density at radius 1 is 0.818 bits per heavy atom. The number of carboxylic acid groups (broad SMARTS) is 1. The monoisotopic (exact) mass is 600 g/mol. The van der Waals surface area contributed by atoms with Gasteiger partial charge in [0.05, 0.1) is 19.1 Å². The third-order valence-corrected chi connectivity index (χ3v) is 7.71. The summed E-state index contributed by atoms with van der Waals surface area (Å²) in [6.07, 6.45) is 1.02. The van der Waals surface area contributed by atoms with Gasteiger partial charge in [0.25, 0.3) is 0 Å². The number of hydrogen-bond acceptors (Lipinski definition) is 6. The molecule has 0 bridgehead atoms. The molecule has 0 unspecified atom stereocenters. The van der Waals surface area contributed by atoms with Crippen LogP contribution in [0.25, 0.3) is 16.5 Å². The molecule has 0 amide bonds. The van der Waals surface area contributed by atoms with Crippen molar-refractivity contribution in [2.45, 2.75) is 0 Å². The molecule has 0 aliphatic rings. The van der Waals surface area contributed by atoms with Crippen LogP contribution in [-0.2, 0) is 4.79 Å². The van der Waals surface area contributed by atoms with Gasteiger partial charge >= 0.3 is 5.97 Å². The molecule has 0 radical (unpaired) electrons. The molecule has 6 nitrogen and oxygen atoms in total. The molecule has 1 heterocycles. The average molecular weight is 601 g/mol. The number of methoxy groups -OCH3 is 2. The Balaban J connectivity index is 1.36. The molecule has 1 aromatic heterocycles. The van der Waals surface area contributed by atoms with Crippen LogP contribution < -0.4 is 14.4 Å². The zero-order valence-electron chi connectivity index (χ0n) is 23.7. The van der Waals surface area contributed by atoms with Gasteiger partial charge in [-0.3, -0.25) is 0 Å². The Bertz CT molecular complexity index is 1880. The van der Waals surface area contributed by atoms with E-state index < -0.39 is 17.4 Å². The standard InChI is InChI=1S/C36H25FN2O4S/c1-42-31-14-10-29(11-15-31)39(30-12-16-32(43-2)17-13-30)28-8-3-24(4-9-28)5-18-33-19-20-35(44-33)26-7-6-25(34(37)22-26)21-27(23-38)36(40)41/h3-4,6-17,19-22H,1-2H3,(H,40,41). The third kappa shape index (κ3) is 6.79. The van der Waals surface area contributed by atoms with Gasteiger partial charge in [-0.1, -0.05) is 24.0 Å². The second kappa shape index (κ2) is 13.4. The van der Waals surface area contributed by atoms with Gasteiger partial charge in [0.15, 0.2) is 0 Å². The highest BCUT2D eigenvalue weighted by atomic mass is 32.1. The molecular formula is C36H25FN2O4S. The number of hydrogen-bond donors (Lipinski definition) is 1. The van der Waals surface area contributed by atoms with Crippen molar-refractivity contribution in [1.82, 2.24) is 0 Å². The lowest BCUT2D eigenvalue weighted by Gasteiger charge is -2.25. The number of carboxylic acids is 1. The lowest BCUT2D eigenvalue weighted by molar-refractivity contribution is -0.132. The zero-order chi connectivity index (χ0) is 31.1. The molecule has 5 aromatic rings. The summed E-state index contributed by atoms with van der Waals surface area (Å²) in [6.45, 7) is 0. The molecular weight excluding hydrogens is 575 g/mol. The van der Waals surface area contributed by atoms with Crippen molar-refractivity contribution < 1.29 is 23.8 Å². The molecule has 0 aliphatic heterocycles. The van der Waals surface area contributed by atoms with Crippen molar-refractivity contribution in [2.75, 3.05) is 19.1 Å². The van der Waals surface area contributed by atoms with Gasteiger partial charge in [-0.05, 0) is 103 Å².